The molecule has 1 aromatic rings. The normalized spacial score (nSPS) is 23.2. The SMILES string of the molecule is CCCC(=O)N[C@H]1CC2(CCCCC2)Oc2ccccc21. The lowest BCUT2D eigenvalue weighted by molar-refractivity contribution is -0.122. The number of hydrogen-bond acceptors (Lipinski definition) is 2. The van der Waals surface area contributed by atoms with Crippen molar-refractivity contribution in [3.8, 4) is 5.75 Å². The van der Waals surface area contributed by atoms with Crippen LogP contribution in [0.1, 0.15) is 69.9 Å². The van der Waals surface area contributed by atoms with E-state index in [4.69, 9.17) is 4.74 Å². The Kier molecular flexibility index (Phi) is 4.18. The van der Waals surface area contributed by atoms with Gasteiger partial charge >= 0.3 is 0 Å². The number of para-hydroxylation sites is 1. The van der Waals surface area contributed by atoms with Crippen LogP contribution in [0, 0.1) is 0 Å². The van der Waals surface area contributed by atoms with Gasteiger partial charge in [0.15, 0.2) is 0 Å². The van der Waals surface area contributed by atoms with E-state index in [1.165, 1.54) is 19.3 Å². The highest BCUT2D eigenvalue weighted by atomic mass is 16.5. The molecular weight excluding hydrogens is 262 g/mol. The van der Waals surface area contributed by atoms with Crippen LogP contribution in [0.3, 0.4) is 0 Å². The van der Waals surface area contributed by atoms with Crippen molar-refractivity contribution < 1.29 is 9.53 Å². The zero-order valence-corrected chi connectivity index (χ0v) is 12.9. The summed E-state index contributed by atoms with van der Waals surface area (Å²) in [4.78, 5) is 12.0. The molecule has 1 fully saturated rings. The summed E-state index contributed by atoms with van der Waals surface area (Å²) in [5.41, 5.74) is 1.08. The Morgan fingerprint density at radius 2 is 2.05 bits per heavy atom. The average Bonchev–Trinajstić information content (AvgIpc) is 2.48. The molecule has 3 nitrogen and oxygen atoms in total. The Morgan fingerprint density at radius 3 is 2.81 bits per heavy atom. The molecule has 1 spiro atoms. The summed E-state index contributed by atoms with van der Waals surface area (Å²) in [7, 11) is 0. The molecule has 1 aliphatic carbocycles. The first-order valence-electron chi connectivity index (χ1n) is 8.30. The Hall–Kier alpha value is -1.51. The van der Waals surface area contributed by atoms with E-state index >= 15 is 0 Å². The Bertz CT molecular complexity index is 506. The van der Waals surface area contributed by atoms with Gasteiger partial charge in [-0.3, -0.25) is 4.79 Å². The third-order valence-corrected chi connectivity index (χ3v) is 4.77. The quantitative estimate of drug-likeness (QED) is 0.907. The number of carbonyl (C=O) groups is 1. The molecule has 114 valence electrons. The number of benzene rings is 1. The summed E-state index contributed by atoms with van der Waals surface area (Å²) in [6, 6.07) is 8.28. The van der Waals surface area contributed by atoms with Crippen LogP contribution in [0.5, 0.6) is 5.75 Å². The molecule has 1 saturated carbocycles. The molecule has 3 heteroatoms. The molecule has 2 aliphatic rings. The van der Waals surface area contributed by atoms with Crippen molar-refractivity contribution in [3.63, 3.8) is 0 Å². The molecule has 1 aromatic carbocycles. The smallest absolute Gasteiger partial charge is 0.220 e. The third kappa shape index (κ3) is 3.07. The molecule has 0 bridgehead atoms. The van der Waals surface area contributed by atoms with Gasteiger partial charge in [0.2, 0.25) is 5.91 Å². The summed E-state index contributed by atoms with van der Waals surface area (Å²) in [6.45, 7) is 2.04. The van der Waals surface area contributed by atoms with Gasteiger partial charge in [-0.15, -0.1) is 0 Å². The highest BCUT2D eigenvalue weighted by Gasteiger charge is 2.41. The van der Waals surface area contributed by atoms with Crippen LogP contribution in [-0.4, -0.2) is 11.5 Å². The van der Waals surface area contributed by atoms with Gasteiger partial charge in [0.1, 0.15) is 11.4 Å². The summed E-state index contributed by atoms with van der Waals surface area (Å²) in [5.74, 6) is 1.12. The first-order chi connectivity index (χ1) is 10.2. The van der Waals surface area contributed by atoms with Gasteiger partial charge in [-0.05, 0) is 38.2 Å². The van der Waals surface area contributed by atoms with E-state index in [0.717, 1.165) is 37.0 Å². The monoisotopic (exact) mass is 287 g/mol. The van der Waals surface area contributed by atoms with Crippen LogP contribution in [0.2, 0.25) is 0 Å². The number of fused-ring (bicyclic) bond motifs is 1. The zero-order valence-electron chi connectivity index (χ0n) is 12.9. The molecule has 1 heterocycles. The molecule has 0 radical (unpaired) electrons. The maximum absolute atomic E-state index is 12.0. The van der Waals surface area contributed by atoms with Crippen LogP contribution in [0.4, 0.5) is 0 Å². The molecule has 21 heavy (non-hydrogen) atoms. The number of hydrogen-bond donors (Lipinski definition) is 1. The van der Waals surface area contributed by atoms with Crippen LogP contribution in [-0.2, 0) is 4.79 Å². The Morgan fingerprint density at radius 1 is 1.29 bits per heavy atom. The number of rotatable bonds is 3. The van der Waals surface area contributed by atoms with Crippen molar-refractivity contribution in [2.24, 2.45) is 0 Å². The second kappa shape index (κ2) is 6.08. The summed E-state index contributed by atoms with van der Waals surface area (Å²) >= 11 is 0. The van der Waals surface area contributed by atoms with Gasteiger partial charge in [-0.1, -0.05) is 31.5 Å². The highest BCUT2D eigenvalue weighted by Crippen LogP contribution is 2.45. The maximum Gasteiger partial charge on any atom is 0.220 e. The van der Waals surface area contributed by atoms with Gasteiger partial charge < -0.3 is 10.1 Å². The number of amides is 1. The predicted molar refractivity (Wildman–Crippen MR) is 83.3 cm³/mol. The minimum absolute atomic E-state index is 0.0588. The van der Waals surface area contributed by atoms with Crippen molar-refractivity contribution in [2.45, 2.75) is 69.9 Å². The lowest BCUT2D eigenvalue weighted by atomic mass is 9.77. The van der Waals surface area contributed by atoms with Gasteiger partial charge in [0.25, 0.3) is 0 Å². The molecule has 1 amide bonds. The fraction of sp³-hybridized carbons (Fsp3) is 0.611. The highest BCUT2D eigenvalue weighted by molar-refractivity contribution is 5.76. The molecule has 3 rings (SSSR count). The van der Waals surface area contributed by atoms with Crippen molar-refractivity contribution in [3.05, 3.63) is 29.8 Å². The molecule has 1 atom stereocenters. The van der Waals surface area contributed by atoms with E-state index in [2.05, 4.69) is 11.4 Å². The standard InChI is InChI=1S/C18H25NO2/c1-2-8-17(20)19-15-13-18(11-6-3-7-12-18)21-16-10-5-4-9-14(15)16/h4-5,9-10,15H,2-3,6-8,11-13H2,1H3,(H,19,20)/t15-/m0/s1. The van der Waals surface area contributed by atoms with E-state index in [0.29, 0.717) is 6.42 Å². The molecule has 1 aliphatic heterocycles. The topological polar surface area (TPSA) is 38.3 Å². The fourth-order valence-electron chi connectivity index (χ4n) is 3.74. The van der Waals surface area contributed by atoms with E-state index in [1.54, 1.807) is 0 Å². The lowest BCUT2D eigenvalue weighted by Gasteiger charge is -2.44. The van der Waals surface area contributed by atoms with Crippen LogP contribution >= 0.6 is 0 Å². The molecule has 0 saturated heterocycles. The molecule has 0 unspecified atom stereocenters. The third-order valence-electron chi connectivity index (χ3n) is 4.77. The Balaban J connectivity index is 1.85. The van der Waals surface area contributed by atoms with Gasteiger partial charge in [0.05, 0.1) is 6.04 Å². The van der Waals surface area contributed by atoms with E-state index in [-0.39, 0.29) is 17.6 Å². The minimum atomic E-state index is -0.0588. The number of nitrogens with one attached hydrogen (secondary N) is 1. The van der Waals surface area contributed by atoms with Gasteiger partial charge in [-0.25, -0.2) is 0 Å². The lowest BCUT2D eigenvalue weighted by Crippen LogP contribution is -2.46. The second-order valence-electron chi connectivity index (χ2n) is 6.46. The van der Waals surface area contributed by atoms with Crippen molar-refractivity contribution in [2.75, 3.05) is 0 Å². The molecule has 0 aromatic heterocycles. The van der Waals surface area contributed by atoms with Crippen molar-refractivity contribution in [1.82, 2.24) is 5.32 Å². The Labute approximate surface area is 127 Å². The largest absolute Gasteiger partial charge is 0.487 e. The number of ether oxygens (including phenoxy) is 1. The summed E-state index contributed by atoms with van der Waals surface area (Å²) in [6.07, 6.45) is 8.41. The average molecular weight is 287 g/mol. The van der Waals surface area contributed by atoms with Crippen LogP contribution < -0.4 is 10.1 Å². The summed E-state index contributed by atoms with van der Waals surface area (Å²) < 4.78 is 6.38. The van der Waals surface area contributed by atoms with Gasteiger partial charge in [-0.2, -0.15) is 0 Å². The first-order valence-corrected chi connectivity index (χ1v) is 8.30. The van der Waals surface area contributed by atoms with E-state index in [9.17, 15) is 4.79 Å². The first kappa shape index (κ1) is 14.4. The number of carbonyl (C=O) groups excluding carboxylic acids is 1. The van der Waals surface area contributed by atoms with Crippen LogP contribution in [0.15, 0.2) is 24.3 Å². The van der Waals surface area contributed by atoms with Gasteiger partial charge in [0, 0.05) is 18.4 Å². The maximum atomic E-state index is 12.0. The zero-order chi connectivity index (χ0) is 14.7. The van der Waals surface area contributed by atoms with Crippen molar-refractivity contribution in [1.29, 1.82) is 0 Å². The van der Waals surface area contributed by atoms with E-state index < -0.39 is 0 Å². The molecular formula is C18H25NO2. The second-order valence-corrected chi connectivity index (χ2v) is 6.46. The van der Waals surface area contributed by atoms with Crippen LogP contribution in [0.25, 0.3) is 0 Å². The summed E-state index contributed by atoms with van der Waals surface area (Å²) in [5, 5.41) is 3.23. The van der Waals surface area contributed by atoms with E-state index in [1.807, 2.05) is 25.1 Å². The molecule has 1 N–H and O–H groups in total. The predicted octanol–water partition coefficient (Wildman–Crippen LogP) is 4.13. The minimum Gasteiger partial charge on any atom is -0.487 e. The fourth-order valence-corrected chi connectivity index (χ4v) is 3.74. The van der Waals surface area contributed by atoms with Crippen molar-refractivity contribution >= 4 is 5.91 Å².